The quantitative estimate of drug-likeness (QED) is 0.630. The van der Waals surface area contributed by atoms with E-state index in [-0.39, 0.29) is 0 Å². The number of hydrogen-bond donors (Lipinski definition) is 0. The summed E-state index contributed by atoms with van der Waals surface area (Å²) in [5, 5.41) is 0.359. The third-order valence-corrected chi connectivity index (χ3v) is 3.36. The van der Waals surface area contributed by atoms with Crippen molar-refractivity contribution in [2.75, 3.05) is 0 Å². The Kier molecular flexibility index (Phi) is 4.14. The van der Waals surface area contributed by atoms with E-state index in [4.69, 9.17) is 11.6 Å². The zero-order valence-corrected chi connectivity index (χ0v) is 11.0. The fourth-order valence-corrected chi connectivity index (χ4v) is 2.42. The average Bonchev–Trinajstić information content (AvgIpc) is 2.26. The van der Waals surface area contributed by atoms with E-state index in [0.717, 1.165) is 11.8 Å². The number of thioether (sulfide) groups is 1. The monoisotopic (exact) mass is 286 g/mol. The van der Waals surface area contributed by atoms with Gasteiger partial charge in [0.05, 0.1) is 5.75 Å². The molecule has 0 spiro atoms. The van der Waals surface area contributed by atoms with Crippen LogP contribution in [0.1, 0.15) is 11.5 Å². The first-order valence-corrected chi connectivity index (χ1v) is 6.49. The predicted octanol–water partition coefficient (Wildman–Crippen LogP) is 4.01. The van der Waals surface area contributed by atoms with Crippen molar-refractivity contribution in [2.45, 2.75) is 17.6 Å². The Hall–Kier alpha value is -1.20. The minimum absolute atomic E-state index is 0.359. The summed E-state index contributed by atoms with van der Waals surface area (Å²) in [6.45, 7) is 1.81. The molecule has 0 unspecified atom stereocenters. The maximum absolute atomic E-state index is 13.4. The molecule has 2 aromatic rings. The number of hydrogen-bond acceptors (Lipinski definition) is 3. The van der Waals surface area contributed by atoms with Crippen molar-refractivity contribution in [1.29, 1.82) is 0 Å². The van der Waals surface area contributed by atoms with Crippen molar-refractivity contribution in [1.82, 2.24) is 9.97 Å². The predicted molar refractivity (Wildman–Crippen MR) is 67.7 cm³/mol. The molecule has 6 heteroatoms. The Balaban J connectivity index is 2.11. The average molecular weight is 287 g/mol. The summed E-state index contributed by atoms with van der Waals surface area (Å²) < 4.78 is 26.1. The molecule has 1 heterocycles. The van der Waals surface area contributed by atoms with E-state index in [9.17, 15) is 8.78 Å². The topological polar surface area (TPSA) is 25.8 Å². The lowest BCUT2D eigenvalue weighted by Crippen LogP contribution is -1.95. The first kappa shape index (κ1) is 13.2. The van der Waals surface area contributed by atoms with Crippen LogP contribution >= 0.6 is 23.4 Å². The van der Waals surface area contributed by atoms with Gasteiger partial charge in [-0.05, 0) is 25.1 Å². The Labute approximate surface area is 112 Å². The molecule has 94 valence electrons. The Bertz CT molecular complexity index is 558. The Morgan fingerprint density at radius 1 is 1.22 bits per heavy atom. The highest BCUT2D eigenvalue weighted by Gasteiger charge is 2.07. The van der Waals surface area contributed by atoms with Crippen LogP contribution in [0.15, 0.2) is 29.2 Å². The molecule has 2 rings (SSSR count). The summed E-state index contributed by atoms with van der Waals surface area (Å²) in [6.07, 6.45) is 0. The van der Waals surface area contributed by atoms with Gasteiger partial charge in [-0.2, -0.15) is 0 Å². The van der Waals surface area contributed by atoms with Crippen molar-refractivity contribution in [3.8, 4) is 0 Å². The second-order valence-electron chi connectivity index (χ2n) is 3.61. The summed E-state index contributed by atoms with van der Waals surface area (Å²) in [5.41, 5.74) is 0.755. The smallest absolute Gasteiger partial charge is 0.140 e. The first-order valence-electron chi connectivity index (χ1n) is 5.12. The molecule has 0 saturated carbocycles. The van der Waals surface area contributed by atoms with E-state index in [1.807, 2.05) is 0 Å². The largest absolute Gasteiger partial charge is 0.237 e. The SMILES string of the molecule is Cc1cc(Cl)nc(CSc2ccc(F)cc2F)n1. The van der Waals surface area contributed by atoms with E-state index >= 15 is 0 Å². The van der Waals surface area contributed by atoms with Gasteiger partial charge in [0.2, 0.25) is 0 Å². The number of aryl methyl sites for hydroxylation is 1. The highest BCUT2D eigenvalue weighted by molar-refractivity contribution is 7.98. The summed E-state index contributed by atoms with van der Waals surface area (Å²) in [5.74, 6) is -0.275. The Morgan fingerprint density at radius 3 is 2.67 bits per heavy atom. The van der Waals surface area contributed by atoms with Gasteiger partial charge >= 0.3 is 0 Å². The summed E-state index contributed by atoms with van der Waals surface area (Å²) in [7, 11) is 0. The van der Waals surface area contributed by atoms with Gasteiger partial charge in [-0.25, -0.2) is 18.7 Å². The van der Waals surface area contributed by atoms with E-state index in [1.165, 1.54) is 23.9 Å². The lowest BCUT2D eigenvalue weighted by molar-refractivity contribution is 0.565. The van der Waals surface area contributed by atoms with E-state index in [0.29, 0.717) is 21.6 Å². The van der Waals surface area contributed by atoms with Gasteiger partial charge in [0.1, 0.15) is 22.6 Å². The molecular formula is C12H9ClF2N2S. The van der Waals surface area contributed by atoms with Gasteiger partial charge in [0, 0.05) is 16.7 Å². The van der Waals surface area contributed by atoms with Crippen LogP contribution in [0.5, 0.6) is 0 Å². The molecule has 18 heavy (non-hydrogen) atoms. The molecule has 2 nitrogen and oxygen atoms in total. The number of benzene rings is 1. The van der Waals surface area contributed by atoms with Crippen LogP contribution in [0.4, 0.5) is 8.78 Å². The maximum atomic E-state index is 13.4. The van der Waals surface area contributed by atoms with E-state index in [2.05, 4.69) is 9.97 Å². The van der Waals surface area contributed by atoms with Crippen LogP contribution in [0.3, 0.4) is 0 Å². The molecule has 0 saturated heterocycles. The zero-order valence-electron chi connectivity index (χ0n) is 9.45. The minimum atomic E-state index is -0.591. The van der Waals surface area contributed by atoms with Crippen molar-refractivity contribution in [3.63, 3.8) is 0 Å². The van der Waals surface area contributed by atoms with Crippen LogP contribution in [-0.4, -0.2) is 9.97 Å². The van der Waals surface area contributed by atoms with Crippen LogP contribution in [-0.2, 0) is 5.75 Å². The van der Waals surface area contributed by atoms with Crippen LogP contribution in [0.2, 0.25) is 5.15 Å². The van der Waals surface area contributed by atoms with Crippen molar-refractivity contribution in [3.05, 3.63) is 52.6 Å². The number of rotatable bonds is 3. The van der Waals surface area contributed by atoms with Crippen molar-refractivity contribution >= 4 is 23.4 Å². The number of nitrogens with zero attached hydrogens (tertiary/aromatic N) is 2. The summed E-state index contributed by atoms with van der Waals surface area (Å²) >= 11 is 7.00. The third kappa shape index (κ3) is 3.40. The van der Waals surface area contributed by atoms with Crippen molar-refractivity contribution < 1.29 is 8.78 Å². The fraction of sp³-hybridized carbons (Fsp3) is 0.167. The normalized spacial score (nSPS) is 10.7. The summed E-state index contributed by atoms with van der Waals surface area (Å²) in [4.78, 5) is 8.58. The van der Waals surface area contributed by atoms with Gasteiger partial charge in [0.15, 0.2) is 0 Å². The molecule has 0 bridgehead atoms. The van der Waals surface area contributed by atoms with Crippen LogP contribution in [0, 0.1) is 18.6 Å². The second-order valence-corrected chi connectivity index (χ2v) is 5.02. The molecule has 0 N–H and O–H groups in total. The van der Waals surface area contributed by atoms with Crippen LogP contribution < -0.4 is 0 Å². The standard InChI is InChI=1S/C12H9ClF2N2S/c1-7-4-11(13)17-12(16-7)6-18-10-3-2-8(14)5-9(10)15/h2-5H,6H2,1H3. The maximum Gasteiger partial charge on any atom is 0.140 e. The first-order chi connectivity index (χ1) is 8.54. The summed E-state index contributed by atoms with van der Waals surface area (Å²) in [6, 6.07) is 5.11. The minimum Gasteiger partial charge on any atom is -0.237 e. The molecule has 0 aliphatic rings. The molecule has 1 aromatic heterocycles. The number of aromatic nitrogens is 2. The fourth-order valence-electron chi connectivity index (χ4n) is 1.39. The molecule has 0 atom stereocenters. The highest BCUT2D eigenvalue weighted by atomic mass is 35.5. The van der Waals surface area contributed by atoms with E-state index in [1.54, 1.807) is 13.0 Å². The number of halogens is 3. The van der Waals surface area contributed by atoms with Gasteiger partial charge in [0.25, 0.3) is 0 Å². The Morgan fingerprint density at radius 2 is 2.00 bits per heavy atom. The molecule has 0 aliphatic carbocycles. The van der Waals surface area contributed by atoms with Gasteiger partial charge < -0.3 is 0 Å². The molecular weight excluding hydrogens is 278 g/mol. The zero-order chi connectivity index (χ0) is 13.1. The lowest BCUT2D eigenvalue weighted by Gasteiger charge is -2.04. The molecule has 0 radical (unpaired) electrons. The third-order valence-electron chi connectivity index (χ3n) is 2.12. The highest BCUT2D eigenvalue weighted by Crippen LogP contribution is 2.25. The lowest BCUT2D eigenvalue weighted by atomic mass is 10.3. The van der Waals surface area contributed by atoms with Gasteiger partial charge in [-0.3, -0.25) is 0 Å². The second kappa shape index (κ2) is 5.63. The van der Waals surface area contributed by atoms with Crippen LogP contribution in [0.25, 0.3) is 0 Å². The molecule has 1 aromatic carbocycles. The van der Waals surface area contributed by atoms with Gasteiger partial charge in [-0.15, -0.1) is 11.8 Å². The van der Waals surface area contributed by atoms with E-state index < -0.39 is 11.6 Å². The molecule has 0 aliphatic heterocycles. The van der Waals surface area contributed by atoms with Gasteiger partial charge in [-0.1, -0.05) is 11.6 Å². The molecule has 0 fully saturated rings. The van der Waals surface area contributed by atoms with Crippen molar-refractivity contribution in [2.24, 2.45) is 0 Å². The molecule has 0 amide bonds.